The number of ether oxygens (including phenoxy) is 1. The summed E-state index contributed by atoms with van der Waals surface area (Å²) in [6, 6.07) is 8.08. The lowest BCUT2D eigenvalue weighted by atomic mass is 9.94. The van der Waals surface area contributed by atoms with Crippen molar-refractivity contribution >= 4 is 27.1 Å². The van der Waals surface area contributed by atoms with Gasteiger partial charge in [0.15, 0.2) is 15.9 Å². The standard InChI is InChI=1S/C22H26N2O5S/c1-13-9-16(14-5-3-4-6-14)19(25)11-17(13)24-22(26)21-12-23-18-10-15(30(2,27)28)7-8-20(18)29-21/h7-11,14,21,23,25H,3-6,12H2,1-2H3,(H,24,26). The number of amides is 1. The van der Waals surface area contributed by atoms with Gasteiger partial charge in [0.2, 0.25) is 0 Å². The molecule has 3 N–H and O–H groups in total. The predicted octanol–water partition coefficient (Wildman–Crippen LogP) is 3.57. The maximum Gasteiger partial charge on any atom is 0.267 e. The molecule has 1 fully saturated rings. The first-order chi connectivity index (χ1) is 14.2. The molecule has 2 aromatic carbocycles. The second-order valence-electron chi connectivity index (χ2n) is 8.11. The second-order valence-corrected chi connectivity index (χ2v) is 10.1. The van der Waals surface area contributed by atoms with E-state index in [1.807, 2.05) is 13.0 Å². The number of aryl methyl sites for hydroxylation is 1. The highest BCUT2D eigenvalue weighted by Crippen LogP contribution is 2.40. The molecule has 1 aliphatic heterocycles. The zero-order valence-electron chi connectivity index (χ0n) is 17.1. The van der Waals surface area contributed by atoms with Crippen LogP contribution in [0.4, 0.5) is 11.4 Å². The van der Waals surface area contributed by atoms with E-state index in [-0.39, 0.29) is 23.1 Å². The van der Waals surface area contributed by atoms with Crippen LogP contribution >= 0.6 is 0 Å². The molecule has 1 heterocycles. The van der Waals surface area contributed by atoms with E-state index < -0.39 is 15.9 Å². The Hall–Kier alpha value is -2.74. The average molecular weight is 431 g/mol. The summed E-state index contributed by atoms with van der Waals surface area (Å²) < 4.78 is 29.2. The first-order valence-corrected chi connectivity index (χ1v) is 12.0. The highest BCUT2D eigenvalue weighted by molar-refractivity contribution is 7.90. The molecule has 0 saturated heterocycles. The van der Waals surface area contributed by atoms with Crippen LogP contribution in [0.25, 0.3) is 0 Å². The van der Waals surface area contributed by atoms with Crippen molar-refractivity contribution in [3.8, 4) is 11.5 Å². The number of rotatable bonds is 4. The highest BCUT2D eigenvalue weighted by atomic mass is 32.2. The number of carbonyl (C=O) groups is 1. The zero-order valence-corrected chi connectivity index (χ0v) is 17.9. The quantitative estimate of drug-likeness (QED) is 0.685. The molecule has 8 heteroatoms. The number of carbonyl (C=O) groups excluding carboxylic acids is 1. The van der Waals surface area contributed by atoms with Gasteiger partial charge in [0.1, 0.15) is 11.5 Å². The SMILES string of the molecule is Cc1cc(C2CCCC2)c(O)cc1NC(=O)C1CNc2cc(S(C)(=O)=O)ccc2O1. The number of nitrogens with one attached hydrogen (secondary N) is 2. The molecular formula is C22H26N2O5S. The van der Waals surface area contributed by atoms with E-state index >= 15 is 0 Å². The zero-order chi connectivity index (χ0) is 21.5. The van der Waals surface area contributed by atoms with Gasteiger partial charge >= 0.3 is 0 Å². The minimum Gasteiger partial charge on any atom is -0.508 e. The molecule has 2 aromatic rings. The molecule has 0 radical (unpaired) electrons. The van der Waals surface area contributed by atoms with Crippen molar-refractivity contribution in [3.63, 3.8) is 0 Å². The maximum atomic E-state index is 12.8. The molecule has 0 aromatic heterocycles. The maximum absolute atomic E-state index is 12.8. The predicted molar refractivity (Wildman–Crippen MR) is 115 cm³/mol. The van der Waals surface area contributed by atoms with Gasteiger partial charge in [0, 0.05) is 18.0 Å². The number of phenols is 1. The topological polar surface area (TPSA) is 105 Å². The summed E-state index contributed by atoms with van der Waals surface area (Å²) in [5.74, 6) is 0.679. The third-order valence-corrected chi connectivity index (χ3v) is 6.96. The molecule has 1 saturated carbocycles. The van der Waals surface area contributed by atoms with Crippen LogP contribution in [0.1, 0.15) is 42.7 Å². The van der Waals surface area contributed by atoms with Gasteiger partial charge < -0.3 is 20.5 Å². The van der Waals surface area contributed by atoms with Crippen LogP contribution in [0.2, 0.25) is 0 Å². The van der Waals surface area contributed by atoms with Crippen molar-refractivity contribution in [3.05, 3.63) is 41.5 Å². The Bertz CT molecular complexity index is 1090. The summed E-state index contributed by atoms with van der Waals surface area (Å²) in [6.07, 6.45) is 4.89. The Morgan fingerprint density at radius 3 is 2.63 bits per heavy atom. The first kappa shape index (κ1) is 20.5. The largest absolute Gasteiger partial charge is 0.508 e. The van der Waals surface area contributed by atoms with E-state index in [1.165, 1.54) is 25.0 Å². The fourth-order valence-electron chi connectivity index (χ4n) is 4.15. The monoisotopic (exact) mass is 430 g/mol. The van der Waals surface area contributed by atoms with E-state index in [0.29, 0.717) is 23.0 Å². The van der Waals surface area contributed by atoms with Crippen molar-refractivity contribution in [2.24, 2.45) is 0 Å². The van der Waals surface area contributed by atoms with E-state index in [2.05, 4.69) is 10.6 Å². The molecule has 4 rings (SSSR count). The van der Waals surface area contributed by atoms with Crippen LogP contribution in [0.5, 0.6) is 11.5 Å². The van der Waals surface area contributed by atoms with Crippen LogP contribution < -0.4 is 15.4 Å². The van der Waals surface area contributed by atoms with Crippen molar-refractivity contribution < 1.29 is 23.1 Å². The molecule has 160 valence electrons. The Balaban J connectivity index is 1.48. The van der Waals surface area contributed by atoms with Gasteiger partial charge in [-0.1, -0.05) is 18.9 Å². The number of benzene rings is 2. The van der Waals surface area contributed by atoms with Crippen LogP contribution in [-0.4, -0.2) is 38.3 Å². The highest BCUT2D eigenvalue weighted by Gasteiger charge is 2.28. The Morgan fingerprint density at radius 1 is 1.20 bits per heavy atom. The fraction of sp³-hybridized carbons (Fsp3) is 0.409. The molecule has 1 aliphatic carbocycles. The van der Waals surface area contributed by atoms with Crippen molar-refractivity contribution in [2.75, 3.05) is 23.4 Å². The van der Waals surface area contributed by atoms with Crippen LogP contribution in [0, 0.1) is 6.92 Å². The summed E-state index contributed by atoms with van der Waals surface area (Å²) in [5.41, 5.74) is 2.94. The molecular weight excluding hydrogens is 404 g/mol. The van der Waals surface area contributed by atoms with Gasteiger partial charge in [-0.3, -0.25) is 4.79 Å². The molecule has 7 nitrogen and oxygen atoms in total. The summed E-state index contributed by atoms with van der Waals surface area (Å²) in [7, 11) is -3.32. The number of fused-ring (bicyclic) bond motifs is 1. The number of aromatic hydroxyl groups is 1. The number of hydrogen-bond acceptors (Lipinski definition) is 6. The minimum absolute atomic E-state index is 0.189. The van der Waals surface area contributed by atoms with Crippen molar-refractivity contribution in [1.29, 1.82) is 0 Å². The van der Waals surface area contributed by atoms with E-state index in [0.717, 1.165) is 30.2 Å². The van der Waals surface area contributed by atoms with E-state index in [1.54, 1.807) is 12.1 Å². The molecule has 2 aliphatic rings. The van der Waals surface area contributed by atoms with E-state index in [4.69, 9.17) is 4.74 Å². The number of phenolic OH excluding ortho intramolecular Hbond substituents is 1. The lowest BCUT2D eigenvalue weighted by Gasteiger charge is -2.27. The van der Waals surface area contributed by atoms with Crippen LogP contribution in [0.3, 0.4) is 0 Å². The third kappa shape index (κ3) is 4.09. The van der Waals surface area contributed by atoms with Crippen LogP contribution in [-0.2, 0) is 14.6 Å². The van der Waals surface area contributed by atoms with Gasteiger partial charge in [-0.2, -0.15) is 0 Å². The third-order valence-electron chi connectivity index (χ3n) is 5.85. The minimum atomic E-state index is -3.32. The first-order valence-electron chi connectivity index (χ1n) is 10.1. The van der Waals surface area contributed by atoms with Crippen LogP contribution in [0.15, 0.2) is 35.2 Å². The van der Waals surface area contributed by atoms with E-state index in [9.17, 15) is 18.3 Å². The Kier molecular flexibility index (Phi) is 5.36. The molecule has 0 spiro atoms. The number of hydrogen-bond donors (Lipinski definition) is 3. The Labute approximate surface area is 176 Å². The van der Waals surface area contributed by atoms with Crippen molar-refractivity contribution in [1.82, 2.24) is 0 Å². The molecule has 1 amide bonds. The normalized spacial score (nSPS) is 18.9. The Morgan fingerprint density at radius 2 is 1.93 bits per heavy atom. The van der Waals surface area contributed by atoms with Crippen molar-refractivity contribution in [2.45, 2.75) is 49.5 Å². The fourth-order valence-corrected chi connectivity index (χ4v) is 4.80. The summed E-state index contributed by atoms with van der Waals surface area (Å²) in [6.45, 7) is 2.12. The van der Waals surface area contributed by atoms with Gasteiger partial charge in [0.25, 0.3) is 5.91 Å². The van der Waals surface area contributed by atoms with Gasteiger partial charge in [0.05, 0.1) is 17.1 Å². The smallest absolute Gasteiger partial charge is 0.267 e. The average Bonchev–Trinajstić information content (AvgIpc) is 3.23. The summed E-state index contributed by atoms with van der Waals surface area (Å²) >= 11 is 0. The molecule has 1 atom stereocenters. The number of sulfone groups is 1. The lowest BCUT2D eigenvalue weighted by molar-refractivity contribution is -0.122. The second kappa shape index (κ2) is 7.83. The van der Waals surface area contributed by atoms with Gasteiger partial charge in [-0.25, -0.2) is 8.42 Å². The lowest BCUT2D eigenvalue weighted by Crippen LogP contribution is -2.41. The molecule has 1 unspecified atom stereocenters. The van der Waals surface area contributed by atoms with Gasteiger partial charge in [-0.05, 0) is 55.0 Å². The molecule has 0 bridgehead atoms. The summed E-state index contributed by atoms with van der Waals surface area (Å²) in [4.78, 5) is 12.9. The molecule has 30 heavy (non-hydrogen) atoms. The van der Waals surface area contributed by atoms with Gasteiger partial charge in [-0.15, -0.1) is 0 Å². The number of anilines is 2. The summed E-state index contributed by atoms with van der Waals surface area (Å²) in [5, 5.41) is 16.4.